The number of hydrogen-bond acceptors (Lipinski definition) is 4. The highest BCUT2D eigenvalue weighted by Gasteiger charge is 2.30. The molecule has 1 N–H and O–H groups in total. The molecule has 1 aliphatic rings. The van der Waals surface area contributed by atoms with Gasteiger partial charge in [0.05, 0.1) is 5.92 Å². The number of piperidine rings is 1. The largest absolute Gasteiger partial charge is 0.342 e. The van der Waals surface area contributed by atoms with Crippen LogP contribution in [0.1, 0.15) is 33.1 Å². The number of aromatic nitrogens is 1. The summed E-state index contributed by atoms with van der Waals surface area (Å²) in [6.07, 6.45) is 4.23. The quantitative estimate of drug-likeness (QED) is 0.927. The molecule has 6 heteroatoms. The number of amides is 2. The van der Waals surface area contributed by atoms with E-state index in [9.17, 15) is 9.59 Å². The van der Waals surface area contributed by atoms with E-state index in [-0.39, 0.29) is 23.7 Å². The zero-order valence-corrected chi connectivity index (χ0v) is 12.8. The summed E-state index contributed by atoms with van der Waals surface area (Å²) in [5.41, 5.74) is 0. The van der Waals surface area contributed by atoms with Crippen molar-refractivity contribution in [3.8, 4) is 0 Å². The summed E-state index contributed by atoms with van der Waals surface area (Å²) in [7, 11) is 0. The lowest BCUT2D eigenvalue weighted by molar-refractivity contribution is -0.138. The van der Waals surface area contributed by atoms with Crippen molar-refractivity contribution in [1.82, 2.24) is 9.88 Å². The molecule has 1 aromatic rings. The number of carbonyl (C=O) groups is 2. The van der Waals surface area contributed by atoms with Crippen molar-refractivity contribution in [2.24, 2.45) is 11.8 Å². The SMILES string of the molecule is CCC(C)C(=O)N1CCCC(C(=O)Nc2nccs2)C1. The molecule has 20 heavy (non-hydrogen) atoms. The van der Waals surface area contributed by atoms with Crippen molar-refractivity contribution in [2.45, 2.75) is 33.1 Å². The van der Waals surface area contributed by atoms with Gasteiger partial charge in [-0.1, -0.05) is 13.8 Å². The molecule has 2 amide bonds. The number of hydrogen-bond donors (Lipinski definition) is 1. The molecule has 5 nitrogen and oxygen atoms in total. The Labute approximate surface area is 123 Å². The van der Waals surface area contributed by atoms with E-state index in [0.717, 1.165) is 25.8 Å². The minimum absolute atomic E-state index is 0.0263. The van der Waals surface area contributed by atoms with Gasteiger partial charge in [-0.25, -0.2) is 4.98 Å². The van der Waals surface area contributed by atoms with Crippen LogP contribution in [0, 0.1) is 11.8 Å². The van der Waals surface area contributed by atoms with Gasteiger partial charge in [-0.3, -0.25) is 9.59 Å². The van der Waals surface area contributed by atoms with Crippen LogP contribution in [0.25, 0.3) is 0 Å². The monoisotopic (exact) mass is 295 g/mol. The number of rotatable bonds is 4. The van der Waals surface area contributed by atoms with E-state index in [1.165, 1.54) is 11.3 Å². The highest BCUT2D eigenvalue weighted by molar-refractivity contribution is 7.13. The van der Waals surface area contributed by atoms with Crippen LogP contribution >= 0.6 is 11.3 Å². The zero-order valence-electron chi connectivity index (χ0n) is 12.0. The Morgan fingerprint density at radius 3 is 3.05 bits per heavy atom. The third-order valence-corrected chi connectivity index (χ3v) is 4.49. The molecule has 1 saturated heterocycles. The third kappa shape index (κ3) is 3.56. The van der Waals surface area contributed by atoms with Gasteiger partial charge in [0.2, 0.25) is 11.8 Å². The standard InChI is InChI=1S/C14H21N3O2S/c1-3-10(2)13(19)17-7-4-5-11(9-17)12(18)16-14-15-6-8-20-14/h6,8,10-11H,3-5,7,9H2,1-2H3,(H,15,16,18). The molecule has 2 heterocycles. The average molecular weight is 295 g/mol. The summed E-state index contributed by atoms with van der Waals surface area (Å²) in [4.78, 5) is 30.3. The summed E-state index contributed by atoms with van der Waals surface area (Å²) in [5, 5.41) is 5.28. The van der Waals surface area contributed by atoms with Gasteiger partial charge in [-0.05, 0) is 19.3 Å². The van der Waals surface area contributed by atoms with Crippen LogP contribution in [0.3, 0.4) is 0 Å². The highest BCUT2D eigenvalue weighted by atomic mass is 32.1. The lowest BCUT2D eigenvalue weighted by Gasteiger charge is -2.33. The first-order valence-electron chi connectivity index (χ1n) is 7.11. The van der Waals surface area contributed by atoms with Gasteiger partial charge in [-0.2, -0.15) is 0 Å². The van der Waals surface area contributed by atoms with E-state index in [0.29, 0.717) is 11.7 Å². The molecule has 0 bridgehead atoms. The molecule has 1 fully saturated rings. The Morgan fingerprint density at radius 2 is 2.40 bits per heavy atom. The van der Waals surface area contributed by atoms with Gasteiger partial charge in [0, 0.05) is 30.6 Å². The molecule has 0 aromatic carbocycles. The minimum Gasteiger partial charge on any atom is -0.342 e. The van der Waals surface area contributed by atoms with Crippen LogP contribution in [0.5, 0.6) is 0 Å². The second-order valence-electron chi connectivity index (χ2n) is 5.26. The van der Waals surface area contributed by atoms with Gasteiger partial charge in [-0.15, -0.1) is 11.3 Å². The Bertz CT molecular complexity index is 461. The van der Waals surface area contributed by atoms with E-state index >= 15 is 0 Å². The van der Waals surface area contributed by atoms with E-state index in [4.69, 9.17) is 0 Å². The van der Waals surface area contributed by atoms with Gasteiger partial charge in [0.15, 0.2) is 5.13 Å². The maximum Gasteiger partial charge on any atom is 0.231 e. The predicted molar refractivity (Wildman–Crippen MR) is 79.5 cm³/mol. The Morgan fingerprint density at radius 1 is 1.60 bits per heavy atom. The number of anilines is 1. The van der Waals surface area contributed by atoms with E-state index in [1.807, 2.05) is 24.1 Å². The summed E-state index contributed by atoms with van der Waals surface area (Å²) in [6.45, 7) is 5.26. The molecule has 0 aliphatic carbocycles. The van der Waals surface area contributed by atoms with Gasteiger partial charge >= 0.3 is 0 Å². The number of likely N-dealkylation sites (tertiary alicyclic amines) is 1. The second-order valence-corrected chi connectivity index (χ2v) is 6.15. The predicted octanol–water partition coefficient (Wildman–Crippen LogP) is 2.37. The van der Waals surface area contributed by atoms with Crippen molar-refractivity contribution in [3.63, 3.8) is 0 Å². The minimum atomic E-state index is -0.124. The smallest absolute Gasteiger partial charge is 0.231 e. The first kappa shape index (κ1) is 15.0. The molecular weight excluding hydrogens is 274 g/mol. The van der Waals surface area contributed by atoms with E-state index in [1.54, 1.807) is 6.20 Å². The first-order valence-corrected chi connectivity index (χ1v) is 7.99. The molecule has 2 unspecified atom stereocenters. The van der Waals surface area contributed by atoms with Gasteiger partial charge in [0.1, 0.15) is 0 Å². The summed E-state index contributed by atoms with van der Waals surface area (Å²) < 4.78 is 0. The maximum atomic E-state index is 12.2. The van der Waals surface area contributed by atoms with Crippen molar-refractivity contribution in [2.75, 3.05) is 18.4 Å². The number of thiazole rings is 1. The Hall–Kier alpha value is -1.43. The zero-order chi connectivity index (χ0) is 14.5. The number of nitrogens with one attached hydrogen (secondary N) is 1. The van der Waals surface area contributed by atoms with Crippen molar-refractivity contribution in [3.05, 3.63) is 11.6 Å². The fourth-order valence-corrected chi connectivity index (χ4v) is 2.90. The normalized spacial score (nSPS) is 20.5. The topological polar surface area (TPSA) is 62.3 Å². The summed E-state index contributed by atoms with van der Waals surface area (Å²) in [5.74, 6) is 0.0530. The van der Waals surface area contributed by atoms with Crippen LogP contribution in [-0.4, -0.2) is 34.8 Å². The van der Waals surface area contributed by atoms with Crippen molar-refractivity contribution >= 4 is 28.3 Å². The van der Waals surface area contributed by atoms with Gasteiger partial charge < -0.3 is 10.2 Å². The lowest BCUT2D eigenvalue weighted by atomic mass is 9.95. The van der Waals surface area contributed by atoms with Crippen LogP contribution in [0.15, 0.2) is 11.6 Å². The fourth-order valence-electron chi connectivity index (χ4n) is 2.37. The van der Waals surface area contributed by atoms with Crippen molar-refractivity contribution in [1.29, 1.82) is 0 Å². The highest BCUT2D eigenvalue weighted by Crippen LogP contribution is 2.21. The maximum absolute atomic E-state index is 12.2. The van der Waals surface area contributed by atoms with Crippen LogP contribution < -0.4 is 5.32 Å². The molecule has 2 atom stereocenters. The molecule has 0 spiro atoms. The van der Waals surface area contributed by atoms with Crippen molar-refractivity contribution < 1.29 is 9.59 Å². The third-order valence-electron chi connectivity index (χ3n) is 3.80. The lowest BCUT2D eigenvalue weighted by Crippen LogP contribution is -2.45. The molecule has 0 saturated carbocycles. The molecule has 2 rings (SSSR count). The summed E-state index contributed by atoms with van der Waals surface area (Å²) >= 11 is 1.41. The molecule has 110 valence electrons. The Kier molecular flexibility index (Phi) is 5.11. The fraction of sp³-hybridized carbons (Fsp3) is 0.643. The number of carbonyl (C=O) groups excluding carboxylic acids is 2. The first-order chi connectivity index (χ1) is 9.61. The van der Waals surface area contributed by atoms with Crippen LogP contribution in [0.2, 0.25) is 0 Å². The molecule has 0 radical (unpaired) electrons. The van der Waals surface area contributed by atoms with E-state index < -0.39 is 0 Å². The van der Waals surface area contributed by atoms with Gasteiger partial charge in [0.25, 0.3) is 0 Å². The second kappa shape index (κ2) is 6.83. The molecule has 1 aromatic heterocycles. The molecular formula is C14H21N3O2S. The van der Waals surface area contributed by atoms with Crippen LogP contribution in [0.4, 0.5) is 5.13 Å². The average Bonchev–Trinajstić information content (AvgIpc) is 2.98. The van der Waals surface area contributed by atoms with Crippen LogP contribution in [-0.2, 0) is 9.59 Å². The summed E-state index contributed by atoms with van der Waals surface area (Å²) in [6, 6.07) is 0. The Balaban J connectivity index is 1.93. The molecule has 1 aliphatic heterocycles. The van der Waals surface area contributed by atoms with E-state index in [2.05, 4.69) is 10.3 Å². The number of nitrogens with zero attached hydrogens (tertiary/aromatic N) is 2.